The molecule has 1 aromatic carbocycles. The Morgan fingerprint density at radius 3 is 3.00 bits per heavy atom. The van der Waals surface area contributed by atoms with Gasteiger partial charge in [-0.15, -0.1) is 11.6 Å². The molecule has 0 saturated carbocycles. The molecule has 0 fully saturated rings. The Morgan fingerprint density at radius 1 is 1.39 bits per heavy atom. The molecule has 0 saturated heterocycles. The van der Waals surface area contributed by atoms with Crippen LogP contribution >= 0.6 is 11.6 Å². The average molecular weight is 264 g/mol. The third-order valence-corrected chi connectivity index (χ3v) is 3.01. The van der Waals surface area contributed by atoms with E-state index in [0.717, 1.165) is 16.5 Å². The van der Waals surface area contributed by atoms with Gasteiger partial charge in [-0.3, -0.25) is 9.78 Å². The summed E-state index contributed by atoms with van der Waals surface area (Å²) in [5, 5.41) is 0.366. The maximum atomic E-state index is 11.5. The molecule has 2 rings (SSSR count). The summed E-state index contributed by atoms with van der Waals surface area (Å²) >= 11 is 6.05. The van der Waals surface area contributed by atoms with E-state index in [1.54, 1.807) is 13.1 Å². The van der Waals surface area contributed by atoms with Crippen molar-refractivity contribution in [3.05, 3.63) is 42.1 Å². The summed E-state index contributed by atoms with van der Waals surface area (Å²) in [5.41, 5.74) is 1.91. The minimum atomic E-state index is -0.657. The Labute approximate surface area is 111 Å². The highest BCUT2D eigenvalue weighted by Crippen LogP contribution is 2.19. The van der Waals surface area contributed by atoms with E-state index < -0.39 is 5.38 Å². The largest absolute Gasteiger partial charge is 0.465 e. The van der Waals surface area contributed by atoms with Gasteiger partial charge in [-0.05, 0) is 24.6 Å². The monoisotopic (exact) mass is 263 g/mol. The van der Waals surface area contributed by atoms with Gasteiger partial charge in [0.05, 0.1) is 12.1 Å². The fourth-order valence-corrected chi connectivity index (χ4v) is 2.08. The molecule has 0 aliphatic heterocycles. The van der Waals surface area contributed by atoms with Crippen LogP contribution in [0.4, 0.5) is 0 Å². The molecule has 0 radical (unpaired) electrons. The summed E-state index contributed by atoms with van der Waals surface area (Å²) in [7, 11) is 0. The highest BCUT2D eigenvalue weighted by molar-refractivity contribution is 6.30. The fraction of sp³-hybridized carbons (Fsp3) is 0.286. The lowest BCUT2D eigenvalue weighted by Crippen LogP contribution is -2.20. The lowest BCUT2D eigenvalue weighted by molar-refractivity contribution is -0.142. The minimum absolute atomic E-state index is 0.346. The van der Waals surface area contributed by atoms with Crippen LogP contribution in [-0.2, 0) is 16.0 Å². The third-order valence-electron chi connectivity index (χ3n) is 2.68. The van der Waals surface area contributed by atoms with E-state index in [-0.39, 0.29) is 5.97 Å². The molecule has 0 aliphatic rings. The van der Waals surface area contributed by atoms with Gasteiger partial charge in [0, 0.05) is 18.0 Å². The van der Waals surface area contributed by atoms with Crippen LogP contribution in [-0.4, -0.2) is 22.9 Å². The molecule has 0 aliphatic carbocycles. The second kappa shape index (κ2) is 5.83. The first kappa shape index (κ1) is 12.8. The molecule has 1 heterocycles. The summed E-state index contributed by atoms with van der Waals surface area (Å²) in [6.45, 7) is 2.11. The number of nitrogens with zero attached hydrogens (tertiary/aromatic N) is 1. The van der Waals surface area contributed by atoms with Crippen LogP contribution in [0.15, 0.2) is 36.5 Å². The highest BCUT2D eigenvalue weighted by atomic mass is 35.5. The Balaban J connectivity index is 2.24. The Morgan fingerprint density at radius 2 is 2.22 bits per heavy atom. The fourth-order valence-electron chi connectivity index (χ4n) is 1.85. The average Bonchev–Trinajstić information content (AvgIpc) is 2.39. The molecule has 3 nitrogen and oxygen atoms in total. The van der Waals surface area contributed by atoms with Crippen molar-refractivity contribution in [3.8, 4) is 0 Å². The van der Waals surface area contributed by atoms with Crippen LogP contribution < -0.4 is 0 Å². The molecular formula is C14H14ClNO2. The van der Waals surface area contributed by atoms with Gasteiger partial charge in [0.15, 0.2) is 0 Å². The van der Waals surface area contributed by atoms with E-state index in [0.29, 0.717) is 13.0 Å². The van der Waals surface area contributed by atoms with E-state index >= 15 is 0 Å². The van der Waals surface area contributed by atoms with Gasteiger partial charge < -0.3 is 4.74 Å². The van der Waals surface area contributed by atoms with Crippen molar-refractivity contribution in [2.24, 2.45) is 0 Å². The van der Waals surface area contributed by atoms with Crippen molar-refractivity contribution < 1.29 is 9.53 Å². The number of carbonyl (C=O) groups is 1. The number of alkyl halides is 1. The Hall–Kier alpha value is -1.61. The first-order valence-electron chi connectivity index (χ1n) is 5.85. The number of benzene rings is 1. The lowest BCUT2D eigenvalue weighted by atomic mass is 10.0. The number of pyridine rings is 1. The van der Waals surface area contributed by atoms with Crippen molar-refractivity contribution in [2.45, 2.75) is 18.7 Å². The number of fused-ring (bicyclic) bond motifs is 1. The number of esters is 1. The van der Waals surface area contributed by atoms with Gasteiger partial charge in [0.1, 0.15) is 5.38 Å². The summed E-state index contributed by atoms with van der Waals surface area (Å²) < 4.78 is 4.90. The van der Waals surface area contributed by atoms with E-state index in [9.17, 15) is 4.79 Å². The van der Waals surface area contributed by atoms with Crippen LogP contribution in [0.2, 0.25) is 0 Å². The summed E-state index contributed by atoms with van der Waals surface area (Å²) in [5.74, 6) is -0.375. The summed E-state index contributed by atoms with van der Waals surface area (Å²) in [6.07, 6.45) is 2.19. The lowest BCUT2D eigenvalue weighted by Gasteiger charge is -2.10. The molecule has 4 heteroatoms. The first-order valence-corrected chi connectivity index (χ1v) is 6.29. The zero-order chi connectivity index (χ0) is 13.0. The van der Waals surface area contributed by atoms with Crippen LogP contribution in [0.5, 0.6) is 0 Å². The van der Waals surface area contributed by atoms with Crippen molar-refractivity contribution >= 4 is 28.5 Å². The first-order chi connectivity index (χ1) is 8.72. The predicted octanol–water partition coefficient (Wildman–Crippen LogP) is 2.95. The van der Waals surface area contributed by atoms with Gasteiger partial charge in [-0.1, -0.05) is 18.2 Å². The van der Waals surface area contributed by atoms with Crippen molar-refractivity contribution in [1.82, 2.24) is 4.98 Å². The normalized spacial score (nSPS) is 12.3. The number of ether oxygens (including phenoxy) is 1. The van der Waals surface area contributed by atoms with Gasteiger partial charge in [0.25, 0.3) is 0 Å². The van der Waals surface area contributed by atoms with Gasteiger partial charge in [0.2, 0.25) is 0 Å². The summed E-state index contributed by atoms with van der Waals surface area (Å²) in [6, 6.07) is 9.66. The maximum absolute atomic E-state index is 11.5. The van der Waals surface area contributed by atoms with Crippen LogP contribution in [0, 0.1) is 0 Å². The van der Waals surface area contributed by atoms with Crippen molar-refractivity contribution in [3.63, 3.8) is 0 Å². The standard InChI is InChI=1S/C14H14ClNO2/c1-2-18-14(17)12(15)9-10-5-3-7-13-11(10)6-4-8-16-13/h3-8,12H,2,9H2,1H3. The number of hydrogen-bond donors (Lipinski definition) is 0. The van der Waals surface area contributed by atoms with Crippen LogP contribution in [0.1, 0.15) is 12.5 Å². The second-order valence-corrected chi connectivity index (χ2v) is 4.44. The van der Waals surface area contributed by atoms with Gasteiger partial charge in [-0.2, -0.15) is 0 Å². The molecule has 0 spiro atoms. The molecule has 0 N–H and O–H groups in total. The number of hydrogen-bond acceptors (Lipinski definition) is 3. The van der Waals surface area contributed by atoms with Gasteiger partial charge >= 0.3 is 5.97 Å². The molecule has 0 bridgehead atoms. The maximum Gasteiger partial charge on any atom is 0.324 e. The number of carbonyl (C=O) groups excluding carboxylic acids is 1. The second-order valence-electron chi connectivity index (χ2n) is 3.91. The molecule has 0 amide bonds. The zero-order valence-electron chi connectivity index (χ0n) is 10.1. The number of halogens is 1. The molecular weight excluding hydrogens is 250 g/mol. The molecule has 94 valence electrons. The van der Waals surface area contributed by atoms with E-state index in [4.69, 9.17) is 16.3 Å². The molecule has 2 aromatic rings. The molecule has 1 unspecified atom stereocenters. The highest BCUT2D eigenvalue weighted by Gasteiger charge is 2.18. The van der Waals surface area contributed by atoms with Crippen molar-refractivity contribution in [1.29, 1.82) is 0 Å². The number of rotatable bonds is 4. The minimum Gasteiger partial charge on any atom is -0.465 e. The van der Waals surface area contributed by atoms with E-state index in [1.165, 1.54) is 0 Å². The van der Waals surface area contributed by atoms with Crippen LogP contribution in [0.25, 0.3) is 10.9 Å². The smallest absolute Gasteiger partial charge is 0.324 e. The Kier molecular flexibility index (Phi) is 4.15. The SMILES string of the molecule is CCOC(=O)C(Cl)Cc1cccc2ncccc12. The van der Waals surface area contributed by atoms with E-state index in [1.807, 2.05) is 30.3 Å². The van der Waals surface area contributed by atoms with Crippen LogP contribution in [0.3, 0.4) is 0 Å². The van der Waals surface area contributed by atoms with Gasteiger partial charge in [-0.25, -0.2) is 0 Å². The molecule has 1 atom stereocenters. The number of aromatic nitrogens is 1. The quantitative estimate of drug-likeness (QED) is 0.629. The zero-order valence-corrected chi connectivity index (χ0v) is 10.9. The van der Waals surface area contributed by atoms with Crippen molar-refractivity contribution in [2.75, 3.05) is 6.61 Å². The topological polar surface area (TPSA) is 39.2 Å². The molecule has 18 heavy (non-hydrogen) atoms. The Bertz CT molecular complexity index is 551. The third kappa shape index (κ3) is 2.79. The predicted molar refractivity (Wildman–Crippen MR) is 71.7 cm³/mol. The summed E-state index contributed by atoms with van der Waals surface area (Å²) in [4.78, 5) is 15.8. The molecule has 1 aromatic heterocycles. The van der Waals surface area contributed by atoms with E-state index in [2.05, 4.69) is 4.98 Å².